The molecule has 0 saturated heterocycles. The average molecular weight is 492 g/mol. The van der Waals surface area contributed by atoms with Gasteiger partial charge in [-0.15, -0.1) is 11.3 Å². The van der Waals surface area contributed by atoms with E-state index in [1.807, 2.05) is 66.9 Å². The fraction of sp³-hybridized carbons (Fsp3) is 0.296. The largest absolute Gasteiger partial charge is 0.372 e. The third-order valence-electron chi connectivity index (χ3n) is 6.44. The number of ether oxygens (including phenoxy) is 1. The Morgan fingerprint density at radius 3 is 2.54 bits per heavy atom. The molecule has 4 rings (SSSR count). The maximum absolute atomic E-state index is 12.9. The number of carbonyl (C=O) groups is 3. The van der Waals surface area contributed by atoms with E-state index in [0.29, 0.717) is 23.5 Å². The second-order valence-corrected chi connectivity index (χ2v) is 9.38. The van der Waals surface area contributed by atoms with Gasteiger partial charge < -0.3 is 20.3 Å². The Labute approximate surface area is 209 Å². The summed E-state index contributed by atoms with van der Waals surface area (Å²) < 4.78 is 5.76. The highest BCUT2D eigenvalue weighted by Gasteiger charge is 2.31. The van der Waals surface area contributed by atoms with Crippen LogP contribution in [0, 0.1) is 0 Å². The van der Waals surface area contributed by atoms with Crippen molar-refractivity contribution in [1.29, 1.82) is 0 Å². The quantitative estimate of drug-likeness (QED) is 0.481. The number of rotatable bonds is 7. The van der Waals surface area contributed by atoms with E-state index in [0.717, 1.165) is 29.7 Å². The van der Waals surface area contributed by atoms with Crippen molar-refractivity contribution in [2.75, 3.05) is 30.4 Å². The molecule has 0 bridgehead atoms. The van der Waals surface area contributed by atoms with Gasteiger partial charge in [0.15, 0.2) is 0 Å². The standard InChI is InChI=1S/C27H29N3O4S/c1-3-27(34-2,20-10-5-4-6-11-20)18-28-24(31)25(32)29-21-13-14-22-19(17-21)9-7-15-30(22)26(33)23-12-8-16-35-23/h4-6,8,10-14,16-17H,3,7,9,15,18H2,1-2H3,(H,28,31)(H,29,32). The molecular formula is C27H29N3O4S. The van der Waals surface area contributed by atoms with Crippen molar-refractivity contribution in [2.24, 2.45) is 0 Å². The first kappa shape index (κ1) is 24.6. The summed E-state index contributed by atoms with van der Waals surface area (Å²) >= 11 is 1.42. The monoisotopic (exact) mass is 491 g/mol. The Hall–Kier alpha value is -3.49. The lowest BCUT2D eigenvalue weighted by Crippen LogP contribution is -2.45. The second-order valence-electron chi connectivity index (χ2n) is 8.44. The van der Waals surface area contributed by atoms with Gasteiger partial charge in [-0.1, -0.05) is 43.3 Å². The second kappa shape index (κ2) is 10.8. The Balaban J connectivity index is 1.42. The highest BCUT2D eigenvalue weighted by Crippen LogP contribution is 2.32. The smallest absolute Gasteiger partial charge is 0.313 e. The van der Waals surface area contributed by atoms with Crippen molar-refractivity contribution in [3.8, 4) is 0 Å². The molecule has 2 aromatic carbocycles. The normalized spacial score (nSPS) is 14.5. The maximum Gasteiger partial charge on any atom is 0.313 e. The number of anilines is 2. The minimum absolute atomic E-state index is 0.0203. The first-order valence-electron chi connectivity index (χ1n) is 11.7. The molecule has 182 valence electrons. The van der Waals surface area contributed by atoms with Crippen LogP contribution in [-0.4, -0.2) is 37.9 Å². The molecule has 1 aliphatic heterocycles. The van der Waals surface area contributed by atoms with E-state index >= 15 is 0 Å². The van der Waals surface area contributed by atoms with E-state index in [9.17, 15) is 14.4 Å². The lowest BCUT2D eigenvalue weighted by Gasteiger charge is -2.32. The number of aryl methyl sites for hydroxylation is 1. The van der Waals surface area contributed by atoms with Crippen molar-refractivity contribution in [3.05, 3.63) is 82.0 Å². The molecule has 3 amide bonds. The van der Waals surface area contributed by atoms with Crippen LogP contribution in [0.1, 0.15) is 40.6 Å². The van der Waals surface area contributed by atoms with Crippen molar-refractivity contribution < 1.29 is 19.1 Å². The summed E-state index contributed by atoms with van der Waals surface area (Å²) in [5, 5.41) is 7.29. The van der Waals surface area contributed by atoms with E-state index in [2.05, 4.69) is 10.6 Å². The third-order valence-corrected chi connectivity index (χ3v) is 7.29. The lowest BCUT2D eigenvalue weighted by atomic mass is 9.90. The molecule has 1 atom stereocenters. The Bertz CT molecular complexity index is 1190. The van der Waals surface area contributed by atoms with Gasteiger partial charge in [0.05, 0.1) is 11.4 Å². The van der Waals surface area contributed by atoms with Crippen LogP contribution in [-0.2, 0) is 26.3 Å². The van der Waals surface area contributed by atoms with Gasteiger partial charge in [0.1, 0.15) is 5.60 Å². The average Bonchev–Trinajstić information content (AvgIpc) is 3.44. The molecule has 0 fully saturated rings. The van der Waals surface area contributed by atoms with Crippen LogP contribution < -0.4 is 15.5 Å². The van der Waals surface area contributed by atoms with Crippen LogP contribution >= 0.6 is 11.3 Å². The highest BCUT2D eigenvalue weighted by atomic mass is 32.1. The van der Waals surface area contributed by atoms with Crippen LogP contribution in [0.5, 0.6) is 0 Å². The summed E-state index contributed by atoms with van der Waals surface area (Å²) in [6.45, 7) is 2.79. The molecule has 1 aromatic heterocycles. The molecule has 8 heteroatoms. The van der Waals surface area contributed by atoms with Gasteiger partial charge in [-0.2, -0.15) is 0 Å². The fourth-order valence-corrected chi connectivity index (χ4v) is 5.09. The molecule has 1 unspecified atom stereocenters. The van der Waals surface area contributed by atoms with Gasteiger partial charge in [0.25, 0.3) is 5.91 Å². The zero-order chi connectivity index (χ0) is 24.8. The summed E-state index contributed by atoms with van der Waals surface area (Å²) in [4.78, 5) is 40.6. The Morgan fingerprint density at radius 2 is 1.86 bits per heavy atom. The van der Waals surface area contributed by atoms with Gasteiger partial charge in [-0.25, -0.2) is 0 Å². The van der Waals surface area contributed by atoms with Gasteiger partial charge in [0.2, 0.25) is 0 Å². The number of benzene rings is 2. The molecule has 0 saturated carbocycles. The van der Waals surface area contributed by atoms with Gasteiger partial charge >= 0.3 is 11.8 Å². The van der Waals surface area contributed by atoms with E-state index in [1.165, 1.54) is 11.3 Å². The number of hydrogen-bond acceptors (Lipinski definition) is 5. The molecule has 0 aliphatic carbocycles. The molecule has 3 aromatic rings. The molecule has 0 spiro atoms. The SMILES string of the molecule is CCC(CNC(=O)C(=O)Nc1ccc2c(c1)CCCN2C(=O)c1cccs1)(OC)c1ccccc1. The molecular weight excluding hydrogens is 462 g/mol. The molecule has 1 aliphatic rings. The predicted octanol–water partition coefficient (Wildman–Crippen LogP) is 4.35. The van der Waals surface area contributed by atoms with Crippen molar-refractivity contribution in [1.82, 2.24) is 5.32 Å². The van der Waals surface area contributed by atoms with Gasteiger partial charge in [0, 0.05) is 25.0 Å². The molecule has 0 radical (unpaired) electrons. The minimum atomic E-state index is -0.749. The van der Waals surface area contributed by atoms with Crippen LogP contribution in [0.15, 0.2) is 66.0 Å². The maximum atomic E-state index is 12.9. The summed E-state index contributed by atoms with van der Waals surface area (Å²) in [6, 6.07) is 18.7. The Morgan fingerprint density at radius 1 is 1.06 bits per heavy atom. The number of amides is 3. The van der Waals surface area contributed by atoms with E-state index in [4.69, 9.17) is 4.74 Å². The van der Waals surface area contributed by atoms with Crippen molar-refractivity contribution in [2.45, 2.75) is 31.8 Å². The first-order chi connectivity index (χ1) is 17.0. The van der Waals surface area contributed by atoms with Crippen LogP contribution in [0.4, 0.5) is 11.4 Å². The summed E-state index contributed by atoms with van der Waals surface area (Å²) in [7, 11) is 1.60. The summed E-state index contributed by atoms with van der Waals surface area (Å²) in [6.07, 6.45) is 2.25. The number of fused-ring (bicyclic) bond motifs is 1. The first-order valence-corrected chi connectivity index (χ1v) is 12.5. The van der Waals surface area contributed by atoms with Gasteiger partial charge in [-0.3, -0.25) is 14.4 Å². The van der Waals surface area contributed by atoms with Crippen molar-refractivity contribution >= 4 is 40.4 Å². The van der Waals surface area contributed by atoms with Crippen LogP contribution in [0.25, 0.3) is 0 Å². The molecule has 2 heterocycles. The fourth-order valence-electron chi connectivity index (χ4n) is 4.42. The number of thiophene rings is 1. The number of nitrogens with one attached hydrogen (secondary N) is 2. The zero-order valence-corrected chi connectivity index (χ0v) is 20.7. The number of nitrogens with zero attached hydrogens (tertiary/aromatic N) is 1. The van der Waals surface area contributed by atoms with Crippen LogP contribution in [0.2, 0.25) is 0 Å². The van der Waals surface area contributed by atoms with E-state index in [1.54, 1.807) is 18.1 Å². The van der Waals surface area contributed by atoms with E-state index < -0.39 is 17.4 Å². The molecule has 35 heavy (non-hydrogen) atoms. The minimum Gasteiger partial charge on any atom is -0.372 e. The molecule has 7 nitrogen and oxygen atoms in total. The van der Waals surface area contributed by atoms with E-state index in [-0.39, 0.29) is 12.5 Å². The van der Waals surface area contributed by atoms with Gasteiger partial charge in [-0.05, 0) is 60.0 Å². The predicted molar refractivity (Wildman–Crippen MR) is 138 cm³/mol. The van der Waals surface area contributed by atoms with Crippen LogP contribution in [0.3, 0.4) is 0 Å². The third kappa shape index (κ3) is 5.28. The number of methoxy groups -OCH3 is 1. The highest BCUT2D eigenvalue weighted by molar-refractivity contribution is 7.12. The number of hydrogen-bond donors (Lipinski definition) is 2. The molecule has 2 N–H and O–H groups in total. The topological polar surface area (TPSA) is 87.7 Å². The summed E-state index contributed by atoms with van der Waals surface area (Å²) in [5.74, 6) is -1.50. The van der Waals surface area contributed by atoms with Crippen molar-refractivity contribution in [3.63, 3.8) is 0 Å². The lowest BCUT2D eigenvalue weighted by molar-refractivity contribution is -0.137. The Kier molecular flexibility index (Phi) is 7.63. The summed E-state index contributed by atoms with van der Waals surface area (Å²) in [5.41, 5.74) is 2.54. The zero-order valence-electron chi connectivity index (χ0n) is 19.9. The number of carbonyl (C=O) groups excluding carboxylic acids is 3.